The summed E-state index contributed by atoms with van der Waals surface area (Å²) in [5.41, 5.74) is 2.62. The lowest BCUT2D eigenvalue weighted by Crippen LogP contribution is -2.23. The van der Waals surface area contributed by atoms with Crippen LogP contribution in [0.1, 0.15) is 33.8 Å². The van der Waals surface area contributed by atoms with E-state index >= 15 is 0 Å². The Kier molecular flexibility index (Phi) is 2.74. The number of hydrogen-bond donors (Lipinski definition) is 1. The molecule has 0 radical (unpaired) electrons. The fourth-order valence-corrected chi connectivity index (χ4v) is 2.63. The number of carboxylic acid groups (broad SMARTS) is 1. The first kappa shape index (κ1) is 11.8. The lowest BCUT2D eigenvalue weighted by atomic mass is 10.2. The highest BCUT2D eigenvalue weighted by molar-refractivity contribution is 5.86. The molecule has 2 aromatic heterocycles. The topological polar surface area (TPSA) is 72.4 Å². The Morgan fingerprint density at radius 3 is 2.95 bits per heavy atom. The zero-order valence-electron chi connectivity index (χ0n) is 10.3. The van der Waals surface area contributed by atoms with Gasteiger partial charge in [0.2, 0.25) is 5.76 Å². The molecule has 1 aliphatic rings. The standard InChI is InChI=1S/C14H13NO4/c16-12-5-4-9-2-1-3-11(9)15(12)8-10-6-7-19-13(10)14(17)18/h4-7H,1-3,8H2,(H,17,18). The van der Waals surface area contributed by atoms with Crippen LogP contribution in [0.25, 0.3) is 0 Å². The van der Waals surface area contributed by atoms with Crippen LogP contribution < -0.4 is 5.56 Å². The summed E-state index contributed by atoms with van der Waals surface area (Å²) in [5.74, 6) is -1.21. The second-order valence-electron chi connectivity index (χ2n) is 4.66. The molecule has 2 aromatic rings. The van der Waals surface area contributed by atoms with Crippen LogP contribution in [0, 0.1) is 0 Å². The molecule has 0 aromatic carbocycles. The molecule has 98 valence electrons. The summed E-state index contributed by atoms with van der Waals surface area (Å²) < 4.78 is 6.60. The van der Waals surface area contributed by atoms with Gasteiger partial charge in [-0.25, -0.2) is 4.79 Å². The van der Waals surface area contributed by atoms with E-state index < -0.39 is 5.97 Å². The summed E-state index contributed by atoms with van der Waals surface area (Å²) >= 11 is 0. The Bertz CT molecular complexity index is 696. The van der Waals surface area contributed by atoms with Crippen molar-refractivity contribution in [2.24, 2.45) is 0 Å². The van der Waals surface area contributed by atoms with Gasteiger partial charge in [0.25, 0.3) is 5.56 Å². The van der Waals surface area contributed by atoms with Gasteiger partial charge >= 0.3 is 5.97 Å². The number of rotatable bonds is 3. The molecule has 0 spiro atoms. The number of fused-ring (bicyclic) bond motifs is 1. The number of hydrogen-bond acceptors (Lipinski definition) is 3. The largest absolute Gasteiger partial charge is 0.475 e. The highest BCUT2D eigenvalue weighted by atomic mass is 16.4. The smallest absolute Gasteiger partial charge is 0.372 e. The molecule has 3 rings (SSSR count). The average molecular weight is 259 g/mol. The summed E-state index contributed by atoms with van der Waals surface area (Å²) in [5, 5.41) is 9.01. The van der Waals surface area contributed by atoms with E-state index in [1.54, 1.807) is 16.7 Å². The Hall–Kier alpha value is -2.30. The van der Waals surface area contributed by atoms with E-state index in [2.05, 4.69) is 0 Å². The molecule has 0 amide bonds. The highest BCUT2D eigenvalue weighted by Gasteiger charge is 2.19. The molecule has 2 heterocycles. The fraction of sp³-hybridized carbons (Fsp3) is 0.286. The molecule has 1 N–H and O–H groups in total. The first-order valence-corrected chi connectivity index (χ1v) is 6.18. The van der Waals surface area contributed by atoms with Gasteiger partial charge in [0.1, 0.15) is 0 Å². The zero-order valence-corrected chi connectivity index (χ0v) is 10.3. The zero-order chi connectivity index (χ0) is 13.4. The summed E-state index contributed by atoms with van der Waals surface area (Å²) in [6.07, 6.45) is 4.22. The van der Waals surface area contributed by atoms with Crippen LogP contribution >= 0.6 is 0 Å². The van der Waals surface area contributed by atoms with Gasteiger partial charge < -0.3 is 14.1 Å². The molecule has 5 heteroatoms. The van der Waals surface area contributed by atoms with E-state index in [-0.39, 0.29) is 17.9 Å². The van der Waals surface area contributed by atoms with Gasteiger partial charge in [0, 0.05) is 17.3 Å². The summed E-state index contributed by atoms with van der Waals surface area (Å²) in [6.45, 7) is 0.250. The number of aryl methyl sites for hydroxylation is 1. The van der Waals surface area contributed by atoms with Gasteiger partial charge in [-0.15, -0.1) is 0 Å². The number of pyridine rings is 1. The molecular weight excluding hydrogens is 246 g/mol. The molecule has 1 aliphatic carbocycles. The van der Waals surface area contributed by atoms with Gasteiger partial charge in [-0.3, -0.25) is 4.79 Å². The van der Waals surface area contributed by atoms with E-state index in [1.165, 1.54) is 11.8 Å². The number of nitrogens with zero attached hydrogens (tertiary/aromatic N) is 1. The van der Waals surface area contributed by atoms with Gasteiger partial charge in [-0.1, -0.05) is 6.07 Å². The van der Waals surface area contributed by atoms with E-state index in [1.807, 2.05) is 6.07 Å². The highest BCUT2D eigenvalue weighted by Crippen LogP contribution is 2.21. The van der Waals surface area contributed by atoms with Crippen LogP contribution in [-0.4, -0.2) is 15.6 Å². The predicted molar refractivity (Wildman–Crippen MR) is 67.5 cm³/mol. The molecule has 19 heavy (non-hydrogen) atoms. The number of carbonyl (C=O) groups is 1. The second-order valence-corrected chi connectivity index (χ2v) is 4.66. The second kappa shape index (κ2) is 4.42. The van der Waals surface area contributed by atoms with Crippen LogP contribution in [0.2, 0.25) is 0 Å². The number of aromatic carboxylic acids is 1. The Morgan fingerprint density at radius 1 is 1.32 bits per heavy atom. The number of aromatic nitrogens is 1. The first-order valence-electron chi connectivity index (χ1n) is 6.18. The molecule has 0 saturated carbocycles. The monoisotopic (exact) mass is 259 g/mol. The van der Waals surface area contributed by atoms with E-state index in [9.17, 15) is 9.59 Å². The van der Waals surface area contributed by atoms with Crippen molar-refractivity contribution in [1.29, 1.82) is 0 Å². The van der Waals surface area contributed by atoms with E-state index in [4.69, 9.17) is 9.52 Å². The van der Waals surface area contributed by atoms with Crippen LogP contribution in [0.5, 0.6) is 0 Å². The molecule has 0 unspecified atom stereocenters. The van der Waals surface area contributed by atoms with Gasteiger partial charge in [-0.2, -0.15) is 0 Å². The third-order valence-corrected chi connectivity index (χ3v) is 3.52. The summed E-state index contributed by atoms with van der Waals surface area (Å²) in [6, 6.07) is 5.02. The number of furan rings is 1. The molecule has 0 saturated heterocycles. The Labute approximate surface area is 109 Å². The van der Waals surface area contributed by atoms with Crippen molar-refractivity contribution < 1.29 is 14.3 Å². The third kappa shape index (κ3) is 1.97. The van der Waals surface area contributed by atoms with Crippen LogP contribution in [0.15, 0.2) is 33.7 Å². The SMILES string of the molecule is O=C(O)c1occc1Cn1c2c(ccc1=O)CCC2. The maximum Gasteiger partial charge on any atom is 0.372 e. The lowest BCUT2D eigenvalue weighted by Gasteiger charge is -2.11. The van der Waals surface area contributed by atoms with Crippen molar-refractivity contribution in [3.63, 3.8) is 0 Å². The molecule has 0 fully saturated rings. The summed E-state index contributed by atoms with van der Waals surface area (Å²) in [7, 11) is 0. The first-order chi connectivity index (χ1) is 9.16. The van der Waals surface area contributed by atoms with Gasteiger partial charge in [0.15, 0.2) is 0 Å². The quantitative estimate of drug-likeness (QED) is 0.910. The van der Waals surface area contributed by atoms with Crippen LogP contribution in [-0.2, 0) is 19.4 Å². The van der Waals surface area contributed by atoms with Gasteiger partial charge in [0.05, 0.1) is 12.8 Å². The van der Waals surface area contributed by atoms with E-state index in [0.29, 0.717) is 5.56 Å². The van der Waals surface area contributed by atoms with Crippen molar-refractivity contribution in [2.75, 3.05) is 0 Å². The maximum absolute atomic E-state index is 12.0. The Morgan fingerprint density at radius 2 is 2.16 bits per heavy atom. The molecule has 0 atom stereocenters. The van der Waals surface area contributed by atoms with Gasteiger partial charge in [-0.05, 0) is 30.9 Å². The van der Waals surface area contributed by atoms with Crippen molar-refractivity contribution in [2.45, 2.75) is 25.8 Å². The van der Waals surface area contributed by atoms with E-state index in [0.717, 1.165) is 25.0 Å². The maximum atomic E-state index is 12.0. The molecule has 5 nitrogen and oxygen atoms in total. The molecular formula is C14H13NO4. The van der Waals surface area contributed by atoms with Crippen molar-refractivity contribution >= 4 is 5.97 Å². The fourth-order valence-electron chi connectivity index (χ4n) is 2.63. The number of carboxylic acids is 1. The van der Waals surface area contributed by atoms with Crippen LogP contribution in [0.3, 0.4) is 0 Å². The minimum Gasteiger partial charge on any atom is -0.475 e. The minimum atomic E-state index is -1.11. The van der Waals surface area contributed by atoms with Crippen molar-refractivity contribution in [3.8, 4) is 0 Å². The Balaban J connectivity index is 2.05. The van der Waals surface area contributed by atoms with Crippen LogP contribution in [0.4, 0.5) is 0 Å². The van der Waals surface area contributed by atoms with Crippen molar-refractivity contribution in [3.05, 3.63) is 57.4 Å². The molecule has 0 aliphatic heterocycles. The predicted octanol–water partition coefficient (Wildman–Crippen LogP) is 1.68. The summed E-state index contributed by atoms with van der Waals surface area (Å²) in [4.78, 5) is 23.0. The van der Waals surface area contributed by atoms with Crippen molar-refractivity contribution in [1.82, 2.24) is 4.57 Å². The minimum absolute atomic E-state index is 0.0949. The third-order valence-electron chi connectivity index (χ3n) is 3.52. The lowest BCUT2D eigenvalue weighted by molar-refractivity contribution is 0.0660. The molecule has 0 bridgehead atoms. The average Bonchev–Trinajstić information content (AvgIpc) is 3.01. The normalized spacial score (nSPS) is 13.5.